The van der Waals surface area contributed by atoms with Crippen LogP contribution in [0.15, 0.2) is 52.1 Å². The molecule has 1 fully saturated rings. The van der Waals surface area contributed by atoms with Crippen LogP contribution in [0.3, 0.4) is 0 Å². The third-order valence-corrected chi connectivity index (χ3v) is 6.59. The maximum atomic E-state index is 13.2. The number of aromatic nitrogens is 2. The molecule has 31 heavy (non-hydrogen) atoms. The van der Waals surface area contributed by atoms with E-state index in [1.807, 2.05) is 31.2 Å². The third-order valence-electron chi connectivity index (χ3n) is 6.59. The van der Waals surface area contributed by atoms with Crippen LogP contribution < -0.4 is 11.2 Å². The number of β-amino-alcohol motifs (C(OH)–C–C–N with tert-alkyl or cyclic N) is 1. The predicted molar refractivity (Wildman–Crippen MR) is 121 cm³/mol. The van der Waals surface area contributed by atoms with Gasteiger partial charge in [-0.2, -0.15) is 0 Å². The minimum atomic E-state index is -0.785. The van der Waals surface area contributed by atoms with Gasteiger partial charge in [-0.1, -0.05) is 35.9 Å². The van der Waals surface area contributed by atoms with Crippen molar-refractivity contribution in [1.29, 1.82) is 0 Å². The van der Waals surface area contributed by atoms with Gasteiger partial charge in [0, 0.05) is 26.2 Å². The van der Waals surface area contributed by atoms with E-state index in [0.717, 1.165) is 37.9 Å². The zero-order valence-electron chi connectivity index (χ0n) is 18.0. The molecule has 6 nitrogen and oxygen atoms in total. The summed E-state index contributed by atoms with van der Waals surface area (Å²) in [6.45, 7) is 4.69. The van der Waals surface area contributed by atoms with Gasteiger partial charge in [0.2, 0.25) is 0 Å². The van der Waals surface area contributed by atoms with Crippen molar-refractivity contribution in [2.75, 3.05) is 13.1 Å². The van der Waals surface area contributed by atoms with E-state index in [9.17, 15) is 14.7 Å². The lowest BCUT2D eigenvalue weighted by Gasteiger charge is -2.30. The highest BCUT2D eigenvalue weighted by Gasteiger charge is 2.25. The van der Waals surface area contributed by atoms with E-state index in [1.165, 1.54) is 15.7 Å². The van der Waals surface area contributed by atoms with Crippen LogP contribution in [0.1, 0.15) is 29.5 Å². The Morgan fingerprint density at radius 1 is 1.03 bits per heavy atom. The highest BCUT2D eigenvalue weighted by atomic mass is 16.3. The van der Waals surface area contributed by atoms with Crippen LogP contribution in [0, 0.1) is 12.8 Å². The number of aliphatic hydroxyl groups is 1. The first kappa shape index (κ1) is 20.2. The van der Waals surface area contributed by atoms with Crippen LogP contribution in [0.2, 0.25) is 0 Å². The number of hydrogen-bond acceptors (Lipinski definition) is 4. The van der Waals surface area contributed by atoms with Crippen LogP contribution in [-0.4, -0.2) is 38.3 Å². The average Bonchev–Trinajstić information content (AvgIpc) is 3.58. The van der Waals surface area contributed by atoms with Crippen molar-refractivity contribution in [1.82, 2.24) is 14.0 Å². The van der Waals surface area contributed by atoms with Gasteiger partial charge in [-0.25, -0.2) is 4.79 Å². The second-order valence-electron chi connectivity index (χ2n) is 9.18. The molecular weight excluding hydrogens is 390 g/mol. The molecule has 0 amide bonds. The second kappa shape index (κ2) is 8.09. The van der Waals surface area contributed by atoms with Crippen molar-refractivity contribution < 1.29 is 5.11 Å². The van der Waals surface area contributed by atoms with E-state index in [2.05, 4.69) is 23.1 Å². The van der Waals surface area contributed by atoms with Gasteiger partial charge in [0.05, 0.1) is 23.6 Å². The molecule has 2 heterocycles. The summed E-state index contributed by atoms with van der Waals surface area (Å²) >= 11 is 0. The minimum Gasteiger partial charge on any atom is -0.390 e. The lowest BCUT2D eigenvalue weighted by molar-refractivity contribution is 0.0896. The van der Waals surface area contributed by atoms with Crippen molar-refractivity contribution in [3.05, 3.63) is 80.0 Å². The van der Waals surface area contributed by atoms with Crippen molar-refractivity contribution in [2.24, 2.45) is 5.92 Å². The fourth-order valence-corrected chi connectivity index (χ4v) is 4.71. The summed E-state index contributed by atoms with van der Waals surface area (Å²) in [6.07, 6.45) is 2.41. The Bertz CT molecular complexity index is 1240. The van der Waals surface area contributed by atoms with Gasteiger partial charge in [0.1, 0.15) is 0 Å². The Labute approximate surface area is 181 Å². The second-order valence-corrected chi connectivity index (χ2v) is 9.18. The fourth-order valence-electron chi connectivity index (χ4n) is 4.71. The largest absolute Gasteiger partial charge is 0.390 e. The summed E-state index contributed by atoms with van der Waals surface area (Å²) < 4.78 is 2.98. The van der Waals surface area contributed by atoms with Crippen LogP contribution in [-0.2, 0) is 26.1 Å². The van der Waals surface area contributed by atoms with Gasteiger partial charge in [-0.05, 0) is 55.4 Å². The molecule has 0 saturated heterocycles. The summed E-state index contributed by atoms with van der Waals surface area (Å²) in [4.78, 5) is 28.6. The van der Waals surface area contributed by atoms with E-state index in [4.69, 9.17) is 0 Å². The topological polar surface area (TPSA) is 67.5 Å². The van der Waals surface area contributed by atoms with E-state index in [0.29, 0.717) is 29.9 Å². The first-order chi connectivity index (χ1) is 15.0. The lowest BCUT2D eigenvalue weighted by atomic mass is 10.00. The molecule has 5 rings (SSSR count). The van der Waals surface area contributed by atoms with Crippen LogP contribution in [0.4, 0.5) is 0 Å². The molecule has 1 aromatic heterocycles. The van der Waals surface area contributed by atoms with E-state index in [-0.39, 0.29) is 17.8 Å². The number of aryl methyl sites for hydroxylation is 1. The standard InChI is InChI=1S/C25H29N3O3/c1-17-6-9-23-22(12-17)24(30)28(25(31)27(23)13-18-7-8-18)16-21(29)15-26-11-10-19-4-2-3-5-20(19)14-26/h2-6,9,12,18,21,29H,7-8,10-11,13-16H2,1H3/t21-/m1/s1. The molecule has 1 saturated carbocycles. The first-order valence-corrected chi connectivity index (χ1v) is 11.2. The molecule has 6 heteroatoms. The number of hydrogen-bond donors (Lipinski definition) is 1. The Kier molecular flexibility index (Phi) is 5.28. The maximum absolute atomic E-state index is 13.2. The SMILES string of the molecule is Cc1ccc2c(c1)c(=O)n(C[C@H](O)CN1CCc3ccccc3C1)c(=O)n2CC1CC1. The normalized spacial score (nSPS) is 17.6. The molecule has 0 radical (unpaired) electrons. The molecule has 0 unspecified atom stereocenters. The molecule has 0 bridgehead atoms. The first-order valence-electron chi connectivity index (χ1n) is 11.2. The third kappa shape index (κ3) is 4.10. The Hall–Kier alpha value is -2.70. The highest BCUT2D eigenvalue weighted by Crippen LogP contribution is 2.31. The Morgan fingerprint density at radius 2 is 1.81 bits per heavy atom. The predicted octanol–water partition coefficient (Wildman–Crippen LogP) is 2.30. The molecule has 1 N–H and O–H groups in total. The van der Waals surface area contributed by atoms with Crippen LogP contribution in [0.25, 0.3) is 10.9 Å². The maximum Gasteiger partial charge on any atom is 0.331 e. The van der Waals surface area contributed by atoms with Crippen molar-refractivity contribution in [3.8, 4) is 0 Å². The van der Waals surface area contributed by atoms with Gasteiger partial charge < -0.3 is 5.11 Å². The Balaban J connectivity index is 1.42. The molecule has 2 aromatic carbocycles. The summed E-state index contributed by atoms with van der Waals surface area (Å²) in [5.74, 6) is 0.506. The average molecular weight is 420 g/mol. The minimum absolute atomic E-state index is 0.0182. The fraction of sp³-hybridized carbons (Fsp3) is 0.440. The van der Waals surface area contributed by atoms with Crippen LogP contribution >= 0.6 is 0 Å². The summed E-state index contributed by atoms with van der Waals surface area (Å²) in [5.41, 5.74) is 3.71. The molecule has 162 valence electrons. The monoisotopic (exact) mass is 419 g/mol. The van der Waals surface area contributed by atoms with Gasteiger partial charge in [-0.15, -0.1) is 0 Å². The molecule has 1 aliphatic carbocycles. The zero-order chi connectivity index (χ0) is 21.5. The van der Waals surface area contributed by atoms with Crippen LogP contribution in [0.5, 0.6) is 0 Å². The van der Waals surface area contributed by atoms with Gasteiger partial charge in [0.15, 0.2) is 0 Å². The summed E-state index contributed by atoms with van der Waals surface area (Å²) in [5, 5.41) is 11.4. The molecule has 2 aliphatic rings. The van der Waals surface area contributed by atoms with Crippen molar-refractivity contribution in [2.45, 2.75) is 51.9 Å². The van der Waals surface area contributed by atoms with Gasteiger partial charge >= 0.3 is 5.69 Å². The van der Waals surface area contributed by atoms with Gasteiger partial charge in [0.25, 0.3) is 5.56 Å². The van der Waals surface area contributed by atoms with E-state index < -0.39 is 6.10 Å². The molecule has 1 aliphatic heterocycles. The number of aliphatic hydroxyl groups excluding tert-OH is 1. The van der Waals surface area contributed by atoms with Gasteiger partial charge in [-0.3, -0.25) is 18.8 Å². The lowest BCUT2D eigenvalue weighted by Crippen LogP contribution is -2.45. The molecule has 0 spiro atoms. The zero-order valence-corrected chi connectivity index (χ0v) is 18.0. The molecule has 1 atom stereocenters. The number of nitrogens with zero attached hydrogens (tertiary/aromatic N) is 3. The number of benzene rings is 2. The van der Waals surface area contributed by atoms with Crippen molar-refractivity contribution in [3.63, 3.8) is 0 Å². The molecule has 3 aromatic rings. The Morgan fingerprint density at radius 3 is 2.58 bits per heavy atom. The summed E-state index contributed by atoms with van der Waals surface area (Å²) in [6, 6.07) is 14.1. The molecular formula is C25H29N3O3. The van der Waals surface area contributed by atoms with Crippen molar-refractivity contribution >= 4 is 10.9 Å². The van der Waals surface area contributed by atoms with E-state index >= 15 is 0 Å². The highest BCUT2D eigenvalue weighted by molar-refractivity contribution is 5.78. The number of fused-ring (bicyclic) bond motifs is 2. The quantitative estimate of drug-likeness (QED) is 0.666. The number of rotatable bonds is 6. The smallest absolute Gasteiger partial charge is 0.331 e. The van der Waals surface area contributed by atoms with E-state index in [1.54, 1.807) is 4.57 Å². The summed E-state index contributed by atoms with van der Waals surface area (Å²) in [7, 11) is 0.